The van der Waals surface area contributed by atoms with Crippen molar-refractivity contribution in [1.82, 2.24) is 9.88 Å². The van der Waals surface area contributed by atoms with Crippen LogP contribution in [0.1, 0.15) is 12.5 Å². The molecule has 0 aliphatic rings. The molecule has 7 nitrogen and oxygen atoms in total. The predicted octanol–water partition coefficient (Wildman–Crippen LogP) is 2.74. The summed E-state index contributed by atoms with van der Waals surface area (Å²) in [6, 6.07) is 6.74. The molecule has 26 heavy (non-hydrogen) atoms. The normalized spacial score (nSPS) is 10.2. The van der Waals surface area contributed by atoms with Gasteiger partial charge in [0.1, 0.15) is 18.0 Å². The van der Waals surface area contributed by atoms with Crippen molar-refractivity contribution >= 4 is 29.1 Å². The van der Waals surface area contributed by atoms with Crippen LogP contribution in [0.4, 0.5) is 5.69 Å². The van der Waals surface area contributed by atoms with Crippen molar-refractivity contribution in [2.45, 2.75) is 13.5 Å². The summed E-state index contributed by atoms with van der Waals surface area (Å²) in [4.78, 5) is 29.7. The number of carbonyl (C=O) groups excluding carboxylic acids is 2. The number of aromatic nitrogens is 1. The Hall–Kier alpha value is -2.80. The Kier molecular flexibility index (Phi) is 6.80. The van der Waals surface area contributed by atoms with Crippen LogP contribution in [0.25, 0.3) is 0 Å². The molecule has 1 N–H and O–H groups in total. The number of amides is 2. The van der Waals surface area contributed by atoms with Gasteiger partial charge < -0.3 is 19.7 Å². The fourth-order valence-electron chi connectivity index (χ4n) is 2.31. The molecule has 0 atom stereocenters. The van der Waals surface area contributed by atoms with Crippen molar-refractivity contribution in [2.75, 3.05) is 26.1 Å². The SMILES string of the molecule is COc1cc(NC(=O)CN(Cc2cccnc2)C(C)=O)c(OC)cc1Cl. The molecule has 0 unspecified atom stereocenters. The maximum absolute atomic E-state index is 12.4. The van der Waals surface area contributed by atoms with Gasteiger partial charge in [-0.1, -0.05) is 17.7 Å². The number of pyridine rings is 1. The van der Waals surface area contributed by atoms with Crippen molar-refractivity contribution in [3.8, 4) is 11.5 Å². The molecular formula is C18H20ClN3O4. The number of benzene rings is 1. The lowest BCUT2D eigenvalue weighted by atomic mass is 10.2. The minimum atomic E-state index is -0.369. The first-order valence-electron chi connectivity index (χ1n) is 7.80. The zero-order valence-electron chi connectivity index (χ0n) is 14.8. The van der Waals surface area contributed by atoms with Crippen LogP contribution in [-0.4, -0.2) is 42.5 Å². The number of anilines is 1. The van der Waals surface area contributed by atoms with E-state index >= 15 is 0 Å². The third-order valence-electron chi connectivity index (χ3n) is 3.62. The van der Waals surface area contributed by atoms with Crippen LogP contribution in [0.3, 0.4) is 0 Å². The molecule has 2 rings (SSSR count). The highest BCUT2D eigenvalue weighted by molar-refractivity contribution is 6.32. The number of nitrogens with zero attached hydrogens (tertiary/aromatic N) is 2. The molecule has 0 saturated heterocycles. The van der Waals surface area contributed by atoms with E-state index in [0.717, 1.165) is 5.56 Å². The van der Waals surface area contributed by atoms with Crippen LogP contribution >= 0.6 is 11.6 Å². The summed E-state index contributed by atoms with van der Waals surface area (Å²) in [5.41, 5.74) is 1.24. The van der Waals surface area contributed by atoms with E-state index in [1.54, 1.807) is 30.6 Å². The lowest BCUT2D eigenvalue weighted by Gasteiger charge is -2.21. The molecule has 138 valence electrons. The number of halogens is 1. The van der Waals surface area contributed by atoms with Gasteiger partial charge in [0.2, 0.25) is 11.8 Å². The van der Waals surface area contributed by atoms with E-state index in [9.17, 15) is 9.59 Å². The summed E-state index contributed by atoms with van der Waals surface area (Å²) in [6.45, 7) is 1.59. The Morgan fingerprint density at radius 1 is 1.23 bits per heavy atom. The van der Waals surface area contributed by atoms with Crippen LogP contribution in [0.2, 0.25) is 5.02 Å². The summed E-state index contributed by atoms with van der Waals surface area (Å²) in [5, 5.41) is 3.09. The van der Waals surface area contributed by atoms with Crippen LogP contribution < -0.4 is 14.8 Å². The van der Waals surface area contributed by atoms with Gasteiger partial charge in [-0.25, -0.2) is 0 Å². The van der Waals surface area contributed by atoms with Crippen molar-refractivity contribution in [3.05, 3.63) is 47.2 Å². The van der Waals surface area contributed by atoms with E-state index in [4.69, 9.17) is 21.1 Å². The average Bonchev–Trinajstić information content (AvgIpc) is 2.63. The van der Waals surface area contributed by atoms with E-state index in [1.165, 1.54) is 26.0 Å². The van der Waals surface area contributed by atoms with Gasteiger partial charge in [-0.3, -0.25) is 14.6 Å². The molecule has 0 aliphatic carbocycles. The maximum atomic E-state index is 12.4. The third-order valence-corrected chi connectivity index (χ3v) is 3.92. The summed E-state index contributed by atoms with van der Waals surface area (Å²) in [5.74, 6) is 0.212. The molecule has 2 aromatic rings. The Morgan fingerprint density at radius 2 is 1.96 bits per heavy atom. The standard InChI is InChI=1S/C18H20ClN3O4/c1-12(23)22(10-13-5-4-6-20-9-13)11-18(24)21-15-8-16(25-2)14(19)7-17(15)26-3/h4-9H,10-11H2,1-3H3,(H,21,24). The predicted molar refractivity (Wildman–Crippen MR) is 98.5 cm³/mol. The molecule has 1 aromatic heterocycles. The lowest BCUT2D eigenvalue weighted by molar-refractivity contribution is -0.133. The number of methoxy groups -OCH3 is 2. The topological polar surface area (TPSA) is 80.8 Å². The quantitative estimate of drug-likeness (QED) is 0.802. The number of rotatable bonds is 7. The first-order valence-corrected chi connectivity index (χ1v) is 8.18. The first kappa shape index (κ1) is 19.5. The second-order valence-electron chi connectivity index (χ2n) is 5.47. The van der Waals surface area contributed by atoms with Crippen LogP contribution in [0, 0.1) is 0 Å². The van der Waals surface area contributed by atoms with Crippen LogP contribution in [0.5, 0.6) is 11.5 Å². The molecule has 1 heterocycles. The lowest BCUT2D eigenvalue weighted by Crippen LogP contribution is -2.36. The molecule has 0 bridgehead atoms. The number of carbonyl (C=O) groups is 2. The van der Waals surface area contributed by atoms with Gasteiger partial charge in [0.15, 0.2) is 0 Å². The summed E-state index contributed by atoms with van der Waals surface area (Å²) in [7, 11) is 2.95. The van der Waals surface area contributed by atoms with E-state index in [0.29, 0.717) is 22.2 Å². The molecule has 0 fully saturated rings. The Bertz CT molecular complexity index is 784. The van der Waals surface area contributed by atoms with Gasteiger partial charge in [0, 0.05) is 38.0 Å². The molecular weight excluding hydrogens is 358 g/mol. The van der Waals surface area contributed by atoms with E-state index in [2.05, 4.69) is 10.3 Å². The van der Waals surface area contributed by atoms with E-state index in [-0.39, 0.29) is 24.9 Å². The maximum Gasteiger partial charge on any atom is 0.244 e. The molecule has 8 heteroatoms. The molecule has 0 spiro atoms. The van der Waals surface area contributed by atoms with Gasteiger partial charge in [-0.15, -0.1) is 0 Å². The average molecular weight is 378 g/mol. The Balaban J connectivity index is 2.12. The zero-order chi connectivity index (χ0) is 19.1. The highest BCUT2D eigenvalue weighted by atomic mass is 35.5. The Morgan fingerprint density at radius 3 is 2.54 bits per heavy atom. The number of hydrogen-bond acceptors (Lipinski definition) is 5. The number of hydrogen-bond donors (Lipinski definition) is 1. The molecule has 0 radical (unpaired) electrons. The second kappa shape index (κ2) is 9.05. The molecule has 2 amide bonds. The van der Waals surface area contributed by atoms with Crippen LogP contribution in [-0.2, 0) is 16.1 Å². The summed E-state index contributed by atoms with van der Waals surface area (Å²) >= 11 is 6.06. The second-order valence-corrected chi connectivity index (χ2v) is 5.88. The fraction of sp³-hybridized carbons (Fsp3) is 0.278. The highest BCUT2D eigenvalue weighted by Crippen LogP contribution is 2.35. The summed E-state index contributed by atoms with van der Waals surface area (Å²) in [6.07, 6.45) is 3.30. The smallest absolute Gasteiger partial charge is 0.244 e. The van der Waals surface area contributed by atoms with Crippen molar-refractivity contribution in [2.24, 2.45) is 0 Å². The van der Waals surface area contributed by atoms with Gasteiger partial charge >= 0.3 is 0 Å². The van der Waals surface area contributed by atoms with Crippen molar-refractivity contribution in [1.29, 1.82) is 0 Å². The van der Waals surface area contributed by atoms with Gasteiger partial charge in [-0.05, 0) is 11.6 Å². The van der Waals surface area contributed by atoms with Gasteiger partial charge in [-0.2, -0.15) is 0 Å². The number of nitrogens with one attached hydrogen (secondary N) is 1. The fourth-order valence-corrected chi connectivity index (χ4v) is 2.54. The number of ether oxygens (including phenoxy) is 2. The molecule has 1 aromatic carbocycles. The zero-order valence-corrected chi connectivity index (χ0v) is 15.5. The van der Waals surface area contributed by atoms with Crippen molar-refractivity contribution < 1.29 is 19.1 Å². The summed E-state index contributed by atoms with van der Waals surface area (Å²) < 4.78 is 10.4. The van der Waals surface area contributed by atoms with Crippen molar-refractivity contribution in [3.63, 3.8) is 0 Å². The molecule has 0 aliphatic heterocycles. The largest absolute Gasteiger partial charge is 0.495 e. The monoisotopic (exact) mass is 377 g/mol. The van der Waals surface area contributed by atoms with Crippen LogP contribution in [0.15, 0.2) is 36.7 Å². The minimum absolute atomic E-state index is 0.113. The van der Waals surface area contributed by atoms with Gasteiger partial charge in [0.25, 0.3) is 0 Å². The highest BCUT2D eigenvalue weighted by Gasteiger charge is 2.17. The van der Waals surface area contributed by atoms with E-state index < -0.39 is 0 Å². The minimum Gasteiger partial charge on any atom is -0.495 e. The first-order chi connectivity index (χ1) is 12.4. The van der Waals surface area contributed by atoms with Gasteiger partial charge in [0.05, 0.1) is 24.9 Å². The Labute approximate surface area is 156 Å². The van der Waals surface area contributed by atoms with E-state index in [1.807, 2.05) is 6.07 Å². The molecule has 0 saturated carbocycles. The third kappa shape index (κ3) is 5.10.